The van der Waals surface area contributed by atoms with E-state index in [1.54, 1.807) is 0 Å². The second-order valence-electron chi connectivity index (χ2n) is 7.31. The largest absolute Gasteiger partial charge is 0.381 e. The molecule has 2 fully saturated rings. The molecule has 140 valence electrons. The smallest absolute Gasteiger partial charge is 0.193 e. The Balaban J connectivity index is 1.61. The van der Waals surface area contributed by atoms with Gasteiger partial charge in [-0.15, -0.1) is 0 Å². The molecule has 1 aromatic rings. The van der Waals surface area contributed by atoms with Gasteiger partial charge in [0, 0.05) is 64.7 Å². The first-order chi connectivity index (χ1) is 12.1. The second kappa shape index (κ2) is 8.19. The van der Waals surface area contributed by atoms with E-state index in [-0.39, 0.29) is 5.54 Å². The maximum Gasteiger partial charge on any atom is 0.193 e. The van der Waals surface area contributed by atoms with Gasteiger partial charge in [-0.25, -0.2) is 0 Å². The van der Waals surface area contributed by atoms with Crippen LogP contribution >= 0.6 is 0 Å². The van der Waals surface area contributed by atoms with Crippen LogP contribution in [0.15, 0.2) is 17.4 Å². The van der Waals surface area contributed by atoms with Crippen LogP contribution < -0.4 is 5.32 Å². The number of nitrogens with zero attached hydrogens (tertiary/aromatic N) is 5. The van der Waals surface area contributed by atoms with E-state index < -0.39 is 0 Å². The van der Waals surface area contributed by atoms with E-state index in [0.29, 0.717) is 0 Å². The van der Waals surface area contributed by atoms with E-state index in [1.807, 2.05) is 31.2 Å². The molecule has 2 aliphatic rings. The van der Waals surface area contributed by atoms with Crippen LogP contribution in [0.25, 0.3) is 0 Å². The number of rotatable bonds is 5. The maximum absolute atomic E-state index is 5.64. The quantitative estimate of drug-likeness (QED) is 0.637. The Kier molecular flexibility index (Phi) is 5.96. The first kappa shape index (κ1) is 18.2. The minimum absolute atomic E-state index is 0.208. The lowest BCUT2D eigenvalue weighted by molar-refractivity contribution is -0.0166. The molecule has 0 unspecified atom stereocenters. The Morgan fingerprint density at radius 3 is 2.68 bits per heavy atom. The lowest BCUT2D eigenvalue weighted by Gasteiger charge is -2.45. The molecular formula is C18H32N6O. The summed E-state index contributed by atoms with van der Waals surface area (Å²) in [7, 11) is 5.88. The predicted molar refractivity (Wildman–Crippen MR) is 99.6 cm³/mol. The van der Waals surface area contributed by atoms with Crippen LogP contribution in [0.1, 0.15) is 31.2 Å². The van der Waals surface area contributed by atoms with Gasteiger partial charge in [-0.3, -0.25) is 14.6 Å². The maximum atomic E-state index is 5.64. The average molecular weight is 348 g/mol. The summed E-state index contributed by atoms with van der Waals surface area (Å²) in [5, 5.41) is 7.88. The first-order valence-electron chi connectivity index (χ1n) is 9.35. The van der Waals surface area contributed by atoms with Gasteiger partial charge in [-0.05, 0) is 38.8 Å². The number of nitrogens with one attached hydrogen (secondary N) is 1. The average Bonchev–Trinajstić information content (AvgIpc) is 3.28. The fraction of sp³-hybridized carbons (Fsp3) is 0.778. The molecule has 7 heteroatoms. The molecule has 1 N–H and O–H groups in total. The molecule has 0 radical (unpaired) electrons. The first-order valence-corrected chi connectivity index (χ1v) is 9.35. The number of guanidine groups is 1. The third kappa shape index (κ3) is 4.33. The van der Waals surface area contributed by atoms with Gasteiger partial charge in [0.05, 0.1) is 6.20 Å². The van der Waals surface area contributed by atoms with E-state index in [0.717, 1.165) is 45.1 Å². The zero-order valence-corrected chi connectivity index (χ0v) is 15.9. The Hall–Kier alpha value is -1.60. The molecule has 0 spiro atoms. The number of hydrogen-bond acceptors (Lipinski definition) is 4. The Morgan fingerprint density at radius 2 is 2.08 bits per heavy atom. The van der Waals surface area contributed by atoms with Gasteiger partial charge in [0.25, 0.3) is 0 Å². The Morgan fingerprint density at radius 1 is 1.36 bits per heavy atom. The standard InChI is InChI=1S/C18H32N6O/c1-19-17(22(2)13-16-12-21-23(3)14-16)20-15-18(6-10-25-11-7-18)24-8-4-5-9-24/h12,14H,4-11,13,15H2,1-3H3,(H,19,20). The fourth-order valence-corrected chi connectivity index (χ4v) is 4.08. The topological polar surface area (TPSA) is 57.9 Å². The normalized spacial score (nSPS) is 21.5. The van der Waals surface area contributed by atoms with Gasteiger partial charge in [-0.2, -0.15) is 5.10 Å². The van der Waals surface area contributed by atoms with Crippen LogP contribution in [0.4, 0.5) is 0 Å². The highest BCUT2D eigenvalue weighted by Gasteiger charge is 2.39. The molecule has 25 heavy (non-hydrogen) atoms. The highest BCUT2D eigenvalue weighted by atomic mass is 16.5. The van der Waals surface area contributed by atoms with Crippen molar-refractivity contribution in [2.45, 2.75) is 37.8 Å². The molecular weight excluding hydrogens is 316 g/mol. The van der Waals surface area contributed by atoms with Crippen molar-refractivity contribution in [3.8, 4) is 0 Å². The zero-order chi connectivity index (χ0) is 17.7. The highest BCUT2D eigenvalue weighted by Crippen LogP contribution is 2.30. The van der Waals surface area contributed by atoms with Crippen LogP contribution in [0.5, 0.6) is 0 Å². The summed E-state index contributed by atoms with van der Waals surface area (Å²) >= 11 is 0. The molecule has 0 aromatic carbocycles. The van der Waals surface area contributed by atoms with Crippen LogP contribution in [0, 0.1) is 0 Å². The van der Waals surface area contributed by atoms with E-state index >= 15 is 0 Å². The number of aliphatic imine (C=N–C) groups is 1. The number of hydrogen-bond donors (Lipinski definition) is 1. The van der Waals surface area contributed by atoms with Gasteiger partial charge in [0.2, 0.25) is 0 Å². The lowest BCUT2D eigenvalue weighted by Crippen LogP contribution is -2.58. The molecule has 0 saturated carbocycles. The van der Waals surface area contributed by atoms with Crippen molar-refractivity contribution < 1.29 is 4.74 Å². The van der Waals surface area contributed by atoms with Crippen molar-refractivity contribution in [2.75, 3.05) is 46.9 Å². The van der Waals surface area contributed by atoms with E-state index in [9.17, 15) is 0 Å². The minimum atomic E-state index is 0.208. The molecule has 0 amide bonds. The summed E-state index contributed by atoms with van der Waals surface area (Å²) in [5.74, 6) is 0.939. The van der Waals surface area contributed by atoms with Crippen molar-refractivity contribution in [1.82, 2.24) is 24.9 Å². The van der Waals surface area contributed by atoms with Gasteiger partial charge in [0.15, 0.2) is 5.96 Å². The lowest BCUT2D eigenvalue weighted by atomic mass is 9.88. The van der Waals surface area contributed by atoms with E-state index in [1.165, 1.54) is 31.5 Å². The van der Waals surface area contributed by atoms with Crippen LogP contribution in [0.3, 0.4) is 0 Å². The summed E-state index contributed by atoms with van der Waals surface area (Å²) in [4.78, 5) is 9.33. The molecule has 0 aliphatic carbocycles. The number of likely N-dealkylation sites (tertiary alicyclic amines) is 1. The van der Waals surface area contributed by atoms with Gasteiger partial charge >= 0.3 is 0 Å². The minimum Gasteiger partial charge on any atom is -0.381 e. The number of aryl methyl sites for hydroxylation is 1. The monoisotopic (exact) mass is 348 g/mol. The Bertz CT molecular complexity index is 572. The summed E-state index contributed by atoms with van der Waals surface area (Å²) in [6.07, 6.45) is 8.80. The van der Waals surface area contributed by atoms with E-state index in [4.69, 9.17) is 4.74 Å². The zero-order valence-electron chi connectivity index (χ0n) is 15.9. The molecule has 3 heterocycles. The molecule has 0 bridgehead atoms. The van der Waals surface area contributed by atoms with Crippen molar-refractivity contribution in [1.29, 1.82) is 0 Å². The molecule has 1 aromatic heterocycles. The molecule has 2 saturated heterocycles. The highest BCUT2D eigenvalue weighted by molar-refractivity contribution is 5.79. The van der Waals surface area contributed by atoms with Gasteiger partial charge in [-0.1, -0.05) is 0 Å². The molecule has 7 nitrogen and oxygen atoms in total. The third-order valence-electron chi connectivity index (χ3n) is 5.53. The fourth-order valence-electron chi connectivity index (χ4n) is 4.08. The molecule has 2 aliphatic heterocycles. The summed E-state index contributed by atoms with van der Waals surface area (Å²) in [5.41, 5.74) is 1.40. The van der Waals surface area contributed by atoms with Crippen LogP contribution in [0.2, 0.25) is 0 Å². The van der Waals surface area contributed by atoms with Crippen molar-refractivity contribution in [3.63, 3.8) is 0 Å². The number of aromatic nitrogens is 2. The SMILES string of the molecule is CN=C(NCC1(N2CCCC2)CCOCC1)N(C)Cc1cnn(C)c1. The van der Waals surface area contributed by atoms with Crippen LogP contribution in [-0.2, 0) is 18.3 Å². The Labute approximate surface area is 151 Å². The van der Waals surface area contributed by atoms with Crippen LogP contribution in [-0.4, -0.2) is 78.0 Å². The molecule has 3 rings (SSSR count). The predicted octanol–water partition coefficient (Wildman–Crippen LogP) is 1.07. The van der Waals surface area contributed by atoms with Crippen molar-refractivity contribution >= 4 is 5.96 Å². The van der Waals surface area contributed by atoms with Gasteiger partial charge < -0.3 is 15.0 Å². The third-order valence-corrected chi connectivity index (χ3v) is 5.53. The number of ether oxygens (including phenoxy) is 1. The summed E-state index contributed by atoms with van der Waals surface area (Å²) in [6, 6.07) is 0. The summed E-state index contributed by atoms with van der Waals surface area (Å²) < 4.78 is 7.48. The van der Waals surface area contributed by atoms with Crippen molar-refractivity contribution in [3.05, 3.63) is 18.0 Å². The molecule has 0 atom stereocenters. The van der Waals surface area contributed by atoms with Crippen molar-refractivity contribution in [2.24, 2.45) is 12.0 Å². The van der Waals surface area contributed by atoms with Gasteiger partial charge in [0.1, 0.15) is 0 Å². The second-order valence-corrected chi connectivity index (χ2v) is 7.31. The summed E-state index contributed by atoms with van der Waals surface area (Å²) in [6.45, 7) is 5.88. The van der Waals surface area contributed by atoms with E-state index in [2.05, 4.69) is 32.3 Å².